The highest BCUT2D eigenvalue weighted by Crippen LogP contribution is 2.21. The number of nitro benzene ring substituents is 1. The molecule has 0 bridgehead atoms. The molecule has 8 nitrogen and oxygen atoms in total. The molecule has 1 heterocycles. The first-order chi connectivity index (χ1) is 11.0. The zero-order valence-corrected chi connectivity index (χ0v) is 13.0. The summed E-state index contributed by atoms with van der Waals surface area (Å²) in [5, 5.41) is 10.7. The summed E-state index contributed by atoms with van der Waals surface area (Å²) >= 11 is 0. The summed E-state index contributed by atoms with van der Waals surface area (Å²) in [4.78, 5) is 25.7. The van der Waals surface area contributed by atoms with Gasteiger partial charge in [-0.05, 0) is 19.1 Å². The van der Waals surface area contributed by atoms with Crippen molar-refractivity contribution in [2.75, 3.05) is 37.7 Å². The van der Waals surface area contributed by atoms with Crippen molar-refractivity contribution in [2.45, 2.75) is 6.92 Å². The van der Waals surface area contributed by atoms with Gasteiger partial charge in [-0.1, -0.05) is 0 Å². The Bertz CT molecular complexity index is 592. The molecule has 1 saturated heterocycles. The Morgan fingerprint density at radius 2 is 1.91 bits per heavy atom. The van der Waals surface area contributed by atoms with Crippen molar-refractivity contribution < 1.29 is 14.5 Å². The van der Waals surface area contributed by atoms with Gasteiger partial charge in [0.05, 0.1) is 17.6 Å². The maximum Gasteiger partial charge on any atom is 0.334 e. The molecule has 1 aromatic carbocycles. The van der Waals surface area contributed by atoms with Crippen molar-refractivity contribution in [3.05, 3.63) is 46.3 Å². The molecule has 8 heteroatoms. The van der Waals surface area contributed by atoms with Crippen molar-refractivity contribution in [3.63, 3.8) is 0 Å². The van der Waals surface area contributed by atoms with Gasteiger partial charge in [0.1, 0.15) is 5.82 Å². The first-order valence-electron chi connectivity index (χ1n) is 7.39. The zero-order valence-electron chi connectivity index (χ0n) is 13.0. The van der Waals surface area contributed by atoms with E-state index >= 15 is 0 Å². The van der Waals surface area contributed by atoms with Gasteiger partial charge in [0.2, 0.25) is 0 Å². The highest BCUT2D eigenvalue weighted by atomic mass is 16.6. The lowest BCUT2D eigenvalue weighted by Crippen LogP contribution is -2.47. The fourth-order valence-corrected chi connectivity index (χ4v) is 2.40. The average molecular weight is 320 g/mol. The minimum atomic E-state index is -0.442. The van der Waals surface area contributed by atoms with E-state index in [1.165, 1.54) is 18.2 Å². The lowest BCUT2D eigenvalue weighted by Gasteiger charge is -2.37. The van der Waals surface area contributed by atoms with Crippen LogP contribution in [-0.4, -0.2) is 48.6 Å². The molecular weight excluding hydrogens is 300 g/mol. The van der Waals surface area contributed by atoms with Crippen molar-refractivity contribution in [1.82, 2.24) is 4.90 Å². The van der Waals surface area contributed by atoms with Crippen molar-refractivity contribution in [3.8, 4) is 0 Å². The number of rotatable bonds is 5. The normalized spacial score (nSPS) is 15.4. The standard InChI is InChI=1S/C15H20N4O4/c1-2-23-15(20)11-14(16)18-9-7-17(8-10-18)12-3-5-13(6-4-12)19(21)22/h3-6,11H,2,7-10,16H2,1H3. The van der Waals surface area contributed by atoms with Gasteiger partial charge in [0.25, 0.3) is 5.69 Å². The van der Waals surface area contributed by atoms with Crippen LogP contribution in [0.5, 0.6) is 0 Å². The lowest BCUT2D eigenvalue weighted by atomic mass is 10.2. The maximum absolute atomic E-state index is 11.4. The lowest BCUT2D eigenvalue weighted by molar-refractivity contribution is -0.384. The Labute approximate surface area is 134 Å². The van der Waals surface area contributed by atoms with Crippen LogP contribution in [0.25, 0.3) is 0 Å². The molecule has 1 aliphatic rings. The number of hydrogen-bond donors (Lipinski definition) is 1. The molecule has 0 amide bonds. The van der Waals surface area contributed by atoms with Crippen LogP contribution in [0.15, 0.2) is 36.2 Å². The zero-order chi connectivity index (χ0) is 16.8. The molecule has 1 aliphatic heterocycles. The number of anilines is 1. The highest BCUT2D eigenvalue weighted by molar-refractivity contribution is 5.82. The number of non-ortho nitro benzene ring substituents is 1. The minimum Gasteiger partial charge on any atom is -0.463 e. The van der Waals surface area contributed by atoms with E-state index in [0.29, 0.717) is 25.5 Å². The van der Waals surface area contributed by atoms with E-state index in [1.807, 2.05) is 4.90 Å². The van der Waals surface area contributed by atoms with E-state index in [0.717, 1.165) is 18.8 Å². The first kappa shape index (κ1) is 16.6. The topological polar surface area (TPSA) is 102 Å². The molecule has 0 radical (unpaired) electrons. The molecule has 0 aromatic heterocycles. The summed E-state index contributed by atoms with van der Waals surface area (Å²) in [7, 11) is 0. The van der Waals surface area contributed by atoms with Crippen LogP contribution in [0.3, 0.4) is 0 Å². The van der Waals surface area contributed by atoms with E-state index in [-0.39, 0.29) is 5.69 Å². The van der Waals surface area contributed by atoms with Crippen LogP contribution in [0.4, 0.5) is 11.4 Å². The predicted molar refractivity (Wildman–Crippen MR) is 85.8 cm³/mol. The third-order valence-corrected chi connectivity index (χ3v) is 3.62. The quantitative estimate of drug-likeness (QED) is 0.375. The van der Waals surface area contributed by atoms with Crippen LogP contribution < -0.4 is 10.6 Å². The van der Waals surface area contributed by atoms with E-state index in [1.54, 1.807) is 19.1 Å². The number of nitrogens with zero attached hydrogens (tertiary/aromatic N) is 3. The Morgan fingerprint density at radius 3 is 2.43 bits per heavy atom. The number of piperazine rings is 1. The molecule has 124 valence electrons. The molecule has 1 fully saturated rings. The number of esters is 1. The minimum absolute atomic E-state index is 0.0778. The number of carbonyl (C=O) groups is 1. The Kier molecular flexibility index (Phi) is 5.40. The highest BCUT2D eigenvalue weighted by Gasteiger charge is 2.19. The van der Waals surface area contributed by atoms with E-state index in [9.17, 15) is 14.9 Å². The fourth-order valence-electron chi connectivity index (χ4n) is 2.40. The number of nitro groups is 1. The summed E-state index contributed by atoms with van der Waals surface area (Å²) in [6, 6.07) is 6.48. The number of nitrogens with two attached hydrogens (primary N) is 1. The van der Waals surface area contributed by atoms with E-state index in [2.05, 4.69) is 4.90 Å². The number of hydrogen-bond acceptors (Lipinski definition) is 7. The Hall–Kier alpha value is -2.77. The van der Waals surface area contributed by atoms with Gasteiger partial charge in [0, 0.05) is 44.0 Å². The second kappa shape index (κ2) is 7.48. The molecule has 1 aromatic rings. The first-order valence-corrected chi connectivity index (χ1v) is 7.39. The molecule has 0 saturated carbocycles. The molecule has 2 rings (SSSR count). The third kappa shape index (κ3) is 4.35. The predicted octanol–water partition coefficient (Wildman–Crippen LogP) is 1.08. The summed E-state index contributed by atoms with van der Waals surface area (Å²) in [5.41, 5.74) is 6.92. The van der Waals surface area contributed by atoms with Gasteiger partial charge in [0.15, 0.2) is 0 Å². The smallest absolute Gasteiger partial charge is 0.334 e. The van der Waals surface area contributed by atoms with Crippen LogP contribution in [0.2, 0.25) is 0 Å². The summed E-state index contributed by atoms with van der Waals surface area (Å²) in [5.74, 6) is -0.0467. The number of benzene rings is 1. The molecule has 2 N–H and O–H groups in total. The van der Waals surface area contributed by atoms with Crippen LogP contribution >= 0.6 is 0 Å². The molecule has 0 unspecified atom stereocenters. The van der Waals surface area contributed by atoms with E-state index in [4.69, 9.17) is 10.5 Å². The fraction of sp³-hybridized carbons (Fsp3) is 0.400. The molecule has 23 heavy (non-hydrogen) atoms. The molecular formula is C15H20N4O4. The van der Waals surface area contributed by atoms with Gasteiger partial charge in [-0.2, -0.15) is 0 Å². The maximum atomic E-state index is 11.4. The van der Waals surface area contributed by atoms with Gasteiger partial charge >= 0.3 is 5.97 Å². The second-order valence-corrected chi connectivity index (χ2v) is 5.07. The molecule has 0 aliphatic carbocycles. The third-order valence-electron chi connectivity index (χ3n) is 3.62. The summed E-state index contributed by atoms with van der Waals surface area (Å²) in [6.45, 7) is 4.82. The van der Waals surface area contributed by atoms with Crippen LogP contribution in [0, 0.1) is 10.1 Å². The van der Waals surface area contributed by atoms with Crippen LogP contribution in [-0.2, 0) is 9.53 Å². The Balaban J connectivity index is 1.93. The Morgan fingerprint density at radius 1 is 1.30 bits per heavy atom. The van der Waals surface area contributed by atoms with E-state index < -0.39 is 10.9 Å². The average Bonchev–Trinajstić information content (AvgIpc) is 2.55. The summed E-state index contributed by atoms with van der Waals surface area (Å²) in [6.07, 6.45) is 1.30. The van der Waals surface area contributed by atoms with Gasteiger partial charge in [-0.25, -0.2) is 4.79 Å². The SMILES string of the molecule is CCOC(=O)C=C(N)N1CCN(c2ccc([N+](=O)[O-])cc2)CC1. The number of ether oxygens (including phenoxy) is 1. The monoisotopic (exact) mass is 320 g/mol. The van der Waals surface area contributed by atoms with Gasteiger partial charge in [-0.3, -0.25) is 10.1 Å². The second-order valence-electron chi connectivity index (χ2n) is 5.07. The van der Waals surface area contributed by atoms with Crippen molar-refractivity contribution in [2.24, 2.45) is 5.73 Å². The van der Waals surface area contributed by atoms with Crippen molar-refractivity contribution >= 4 is 17.3 Å². The van der Waals surface area contributed by atoms with Crippen molar-refractivity contribution in [1.29, 1.82) is 0 Å². The summed E-state index contributed by atoms with van der Waals surface area (Å²) < 4.78 is 4.84. The largest absolute Gasteiger partial charge is 0.463 e. The van der Waals surface area contributed by atoms with Gasteiger partial charge in [-0.15, -0.1) is 0 Å². The van der Waals surface area contributed by atoms with Gasteiger partial charge < -0.3 is 20.3 Å². The van der Waals surface area contributed by atoms with Crippen LogP contribution in [0.1, 0.15) is 6.92 Å². The molecule has 0 atom stereocenters. The molecule has 0 spiro atoms. The number of carbonyl (C=O) groups excluding carboxylic acids is 1.